The number of nitrogens with zero attached hydrogens (tertiary/aromatic N) is 2. The van der Waals surface area contributed by atoms with E-state index in [9.17, 15) is 0 Å². The Morgan fingerprint density at radius 1 is 1.11 bits per heavy atom. The molecule has 1 aromatic heterocycles. The van der Waals surface area contributed by atoms with Crippen LogP contribution in [0.3, 0.4) is 0 Å². The highest BCUT2D eigenvalue weighted by Crippen LogP contribution is 2.31. The van der Waals surface area contributed by atoms with Gasteiger partial charge in [-0.1, -0.05) is 71.9 Å². The Labute approximate surface area is 131 Å². The van der Waals surface area contributed by atoms with Gasteiger partial charge in [-0.05, 0) is 24.1 Å². The van der Waals surface area contributed by atoms with Crippen molar-refractivity contribution >= 4 is 46.5 Å². The first-order valence-electron chi connectivity index (χ1n) is 6.11. The molecule has 2 rings (SSSR count). The molecular formula is C13H15ClN2S3. The number of hydrogen-bond acceptors (Lipinski definition) is 5. The van der Waals surface area contributed by atoms with Crippen LogP contribution < -0.4 is 0 Å². The molecule has 0 aliphatic rings. The normalized spacial score (nSPS) is 10.8. The van der Waals surface area contributed by atoms with Crippen LogP contribution in [0, 0.1) is 0 Å². The van der Waals surface area contributed by atoms with Crippen LogP contribution >= 0.6 is 46.5 Å². The molecule has 0 atom stereocenters. The van der Waals surface area contributed by atoms with Gasteiger partial charge in [0.05, 0.1) is 0 Å². The molecule has 0 bridgehead atoms. The molecule has 1 heterocycles. The van der Waals surface area contributed by atoms with E-state index in [0.29, 0.717) is 0 Å². The molecule has 0 saturated carbocycles. The zero-order chi connectivity index (χ0) is 13.5. The molecule has 1 aromatic carbocycles. The third kappa shape index (κ3) is 5.34. The van der Waals surface area contributed by atoms with E-state index in [-0.39, 0.29) is 0 Å². The standard InChI is InChI=1S/C13H15ClN2S3/c1-2-3-8-17-12-15-16-13(19-12)18-9-10-4-6-11(14)7-5-10/h4-7H,2-3,8-9H2,1H3. The van der Waals surface area contributed by atoms with E-state index in [1.165, 1.54) is 18.4 Å². The van der Waals surface area contributed by atoms with Gasteiger partial charge in [-0.25, -0.2) is 0 Å². The number of halogens is 1. The van der Waals surface area contributed by atoms with Crippen LogP contribution in [0.25, 0.3) is 0 Å². The Hall–Kier alpha value is -0.230. The second-order valence-corrected chi connectivity index (χ2v) is 7.93. The number of hydrogen-bond donors (Lipinski definition) is 0. The second kappa shape index (κ2) is 8.15. The van der Waals surface area contributed by atoms with E-state index < -0.39 is 0 Å². The molecule has 0 aliphatic carbocycles. The summed E-state index contributed by atoms with van der Waals surface area (Å²) in [5, 5.41) is 9.19. The number of thioether (sulfide) groups is 2. The van der Waals surface area contributed by atoms with Crippen molar-refractivity contribution in [3.8, 4) is 0 Å². The predicted octanol–water partition coefficient (Wildman–Crippen LogP) is 5.38. The minimum Gasteiger partial charge on any atom is -0.131 e. The lowest BCUT2D eigenvalue weighted by Gasteiger charge is -1.98. The van der Waals surface area contributed by atoms with Gasteiger partial charge in [-0.2, -0.15) is 0 Å². The summed E-state index contributed by atoms with van der Waals surface area (Å²) in [7, 11) is 0. The van der Waals surface area contributed by atoms with Crippen LogP contribution in [0.5, 0.6) is 0 Å². The molecule has 2 aromatic rings. The fraction of sp³-hybridized carbons (Fsp3) is 0.385. The Kier molecular flexibility index (Phi) is 6.50. The minimum atomic E-state index is 0.777. The van der Waals surface area contributed by atoms with E-state index in [1.807, 2.05) is 24.3 Å². The van der Waals surface area contributed by atoms with Gasteiger partial charge < -0.3 is 0 Å². The van der Waals surface area contributed by atoms with Crippen LogP contribution in [-0.2, 0) is 5.75 Å². The van der Waals surface area contributed by atoms with E-state index in [4.69, 9.17) is 11.6 Å². The van der Waals surface area contributed by atoms with Gasteiger partial charge in [-0.3, -0.25) is 0 Å². The number of aromatic nitrogens is 2. The summed E-state index contributed by atoms with van der Waals surface area (Å²) in [5.74, 6) is 2.04. The first-order chi connectivity index (χ1) is 9.28. The molecule has 0 spiro atoms. The molecule has 0 radical (unpaired) electrons. The highest BCUT2D eigenvalue weighted by atomic mass is 35.5. The SMILES string of the molecule is CCCCSc1nnc(SCc2ccc(Cl)cc2)s1. The Bertz CT molecular complexity index is 499. The van der Waals surface area contributed by atoms with Crippen LogP contribution in [-0.4, -0.2) is 16.0 Å². The van der Waals surface area contributed by atoms with Gasteiger partial charge in [0.1, 0.15) is 0 Å². The summed E-state index contributed by atoms with van der Waals surface area (Å²) in [5.41, 5.74) is 1.25. The van der Waals surface area contributed by atoms with Crippen LogP contribution in [0.2, 0.25) is 5.02 Å². The Balaban J connectivity index is 1.81. The van der Waals surface area contributed by atoms with Gasteiger partial charge in [0, 0.05) is 16.5 Å². The summed E-state index contributed by atoms with van der Waals surface area (Å²) >= 11 is 11.1. The van der Waals surface area contributed by atoms with Crippen molar-refractivity contribution in [1.29, 1.82) is 0 Å². The van der Waals surface area contributed by atoms with Crippen LogP contribution in [0.1, 0.15) is 25.3 Å². The third-order valence-electron chi connectivity index (χ3n) is 2.39. The van der Waals surface area contributed by atoms with Crippen molar-refractivity contribution < 1.29 is 0 Å². The molecule has 0 saturated heterocycles. The molecule has 102 valence electrons. The third-order valence-corrected chi connectivity index (χ3v) is 5.99. The molecule has 0 amide bonds. The maximum absolute atomic E-state index is 5.86. The van der Waals surface area contributed by atoms with Gasteiger partial charge in [0.15, 0.2) is 8.68 Å². The van der Waals surface area contributed by atoms with Crippen LogP contribution in [0.15, 0.2) is 32.9 Å². The van der Waals surface area contributed by atoms with Crippen molar-refractivity contribution in [1.82, 2.24) is 10.2 Å². The summed E-state index contributed by atoms with van der Waals surface area (Å²) in [6, 6.07) is 7.94. The Morgan fingerprint density at radius 2 is 1.79 bits per heavy atom. The van der Waals surface area contributed by atoms with E-state index >= 15 is 0 Å². The number of benzene rings is 1. The quantitative estimate of drug-likeness (QED) is 0.503. The summed E-state index contributed by atoms with van der Waals surface area (Å²) in [6.45, 7) is 2.20. The molecule has 0 fully saturated rings. The fourth-order valence-corrected chi connectivity index (χ4v) is 4.60. The molecular weight excluding hydrogens is 316 g/mol. The van der Waals surface area contributed by atoms with Crippen LogP contribution in [0.4, 0.5) is 0 Å². The zero-order valence-electron chi connectivity index (χ0n) is 10.6. The average molecular weight is 331 g/mol. The van der Waals surface area contributed by atoms with Gasteiger partial charge in [-0.15, -0.1) is 10.2 Å². The molecule has 0 N–H and O–H groups in total. The second-order valence-electron chi connectivity index (χ2n) is 3.95. The minimum absolute atomic E-state index is 0.777. The zero-order valence-corrected chi connectivity index (χ0v) is 13.8. The first kappa shape index (κ1) is 15.2. The van der Waals surface area contributed by atoms with Crippen molar-refractivity contribution in [3.63, 3.8) is 0 Å². The van der Waals surface area contributed by atoms with Gasteiger partial charge in [0.2, 0.25) is 0 Å². The van der Waals surface area contributed by atoms with Gasteiger partial charge in [0.25, 0.3) is 0 Å². The molecule has 0 unspecified atom stereocenters. The summed E-state index contributed by atoms with van der Waals surface area (Å²) < 4.78 is 2.11. The number of rotatable bonds is 7. The molecule has 6 heteroatoms. The lowest BCUT2D eigenvalue weighted by Crippen LogP contribution is -1.79. The lowest BCUT2D eigenvalue weighted by atomic mass is 10.2. The fourth-order valence-electron chi connectivity index (χ4n) is 1.34. The monoisotopic (exact) mass is 330 g/mol. The van der Waals surface area contributed by atoms with Crippen molar-refractivity contribution in [2.45, 2.75) is 34.2 Å². The van der Waals surface area contributed by atoms with Gasteiger partial charge >= 0.3 is 0 Å². The summed E-state index contributed by atoms with van der Waals surface area (Å²) in [6.07, 6.45) is 2.46. The lowest BCUT2D eigenvalue weighted by molar-refractivity contribution is 0.892. The van der Waals surface area contributed by atoms with E-state index in [1.54, 1.807) is 34.9 Å². The van der Waals surface area contributed by atoms with Crippen molar-refractivity contribution in [2.75, 3.05) is 5.75 Å². The Morgan fingerprint density at radius 3 is 2.47 bits per heavy atom. The number of unbranched alkanes of at least 4 members (excludes halogenated alkanes) is 1. The van der Waals surface area contributed by atoms with Crippen molar-refractivity contribution in [2.24, 2.45) is 0 Å². The van der Waals surface area contributed by atoms with E-state index in [0.717, 1.165) is 25.2 Å². The topological polar surface area (TPSA) is 25.8 Å². The predicted molar refractivity (Wildman–Crippen MR) is 86.6 cm³/mol. The maximum Gasteiger partial charge on any atom is 0.175 e. The average Bonchev–Trinajstić information content (AvgIpc) is 2.86. The molecule has 0 aliphatic heterocycles. The highest BCUT2D eigenvalue weighted by Gasteiger charge is 2.05. The molecule has 19 heavy (non-hydrogen) atoms. The first-order valence-corrected chi connectivity index (χ1v) is 9.28. The largest absolute Gasteiger partial charge is 0.175 e. The van der Waals surface area contributed by atoms with Crippen molar-refractivity contribution in [3.05, 3.63) is 34.9 Å². The highest BCUT2D eigenvalue weighted by molar-refractivity contribution is 8.02. The van der Waals surface area contributed by atoms with E-state index in [2.05, 4.69) is 17.1 Å². The smallest absolute Gasteiger partial charge is 0.131 e. The summed E-state index contributed by atoms with van der Waals surface area (Å²) in [4.78, 5) is 0. The maximum atomic E-state index is 5.86. The molecule has 2 nitrogen and oxygen atoms in total.